The molecule has 0 aliphatic heterocycles. The Bertz CT molecular complexity index is 1010. The highest BCUT2D eigenvalue weighted by Gasteiger charge is 2.07. The first-order valence-corrected chi connectivity index (χ1v) is 7.75. The van der Waals surface area contributed by atoms with Crippen LogP contribution in [0.5, 0.6) is 17.2 Å². The van der Waals surface area contributed by atoms with Gasteiger partial charge in [0.1, 0.15) is 23.1 Å². The maximum atomic E-state index is 10.4. The molecule has 0 bridgehead atoms. The van der Waals surface area contributed by atoms with Crippen LogP contribution in [0.3, 0.4) is 0 Å². The number of hydrogen-bond donors (Lipinski definition) is 1. The van der Waals surface area contributed by atoms with E-state index in [1.165, 1.54) is 0 Å². The molecule has 1 heterocycles. The van der Waals surface area contributed by atoms with Gasteiger partial charge in [-0.3, -0.25) is 4.79 Å². The van der Waals surface area contributed by atoms with Crippen LogP contribution in [0.1, 0.15) is 0 Å². The van der Waals surface area contributed by atoms with E-state index >= 15 is 0 Å². The predicted molar refractivity (Wildman–Crippen MR) is 94.7 cm³/mol. The molecule has 4 rings (SSSR count). The number of rotatable bonds is 5. The largest absolute Gasteiger partial charge is 0.457 e. The molecule has 4 aromatic rings. The van der Waals surface area contributed by atoms with E-state index in [0.717, 1.165) is 33.9 Å². The van der Waals surface area contributed by atoms with Crippen molar-refractivity contribution in [3.63, 3.8) is 0 Å². The summed E-state index contributed by atoms with van der Waals surface area (Å²) in [4.78, 5) is 18.2. The molecule has 0 unspecified atom stereocenters. The number of para-hydroxylation sites is 1. The van der Waals surface area contributed by atoms with Crippen LogP contribution in [-0.4, -0.2) is 16.4 Å². The van der Waals surface area contributed by atoms with E-state index < -0.39 is 0 Å². The van der Waals surface area contributed by atoms with Crippen LogP contribution in [0.4, 0.5) is 0 Å². The average molecular weight is 330 g/mol. The zero-order chi connectivity index (χ0) is 17.1. The van der Waals surface area contributed by atoms with E-state index in [-0.39, 0.29) is 0 Å². The van der Waals surface area contributed by atoms with Crippen molar-refractivity contribution in [2.45, 2.75) is 0 Å². The molecule has 0 spiro atoms. The number of hydrogen-bond acceptors (Lipinski definition) is 4. The van der Waals surface area contributed by atoms with Gasteiger partial charge < -0.3 is 14.5 Å². The highest BCUT2D eigenvalue weighted by atomic mass is 16.5. The minimum Gasteiger partial charge on any atom is -0.457 e. The predicted octanol–water partition coefficient (Wildman–Crippen LogP) is 4.56. The smallest absolute Gasteiger partial charge is 0.298 e. The highest BCUT2D eigenvalue weighted by molar-refractivity contribution is 5.81. The minimum absolute atomic E-state index is 0.407. The van der Waals surface area contributed by atoms with Crippen molar-refractivity contribution in [3.8, 4) is 28.6 Å². The van der Waals surface area contributed by atoms with Crippen molar-refractivity contribution in [3.05, 3.63) is 72.8 Å². The van der Waals surface area contributed by atoms with Crippen LogP contribution >= 0.6 is 0 Å². The summed E-state index contributed by atoms with van der Waals surface area (Å²) in [5.74, 6) is 2.77. The van der Waals surface area contributed by atoms with Crippen LogP contribution < -0.4 is 9.47 Å². The molecule has 0 fully saturated rings. The number of benzene rings is 3. The zero-order valence-electron chi connectivity index (χ0n) is 13.2. The maximum Gasteiger partial charge on any atom is 0.298 e. The molecule has 1 aromatic heterocycles. The first kappa shape index (κ1) is 15.0. The summed E-state index contributed by atoms with van der Waals surface area (Å²) in [5.41, 5.74) is 2.55. The average Bonchev–Trinajstić information content (AvgIpc) is 3.07. The summed E-state index contributed by atoms with van der Waals surface area (Å²) in [6, 6.07) is 22.6. The van der Waals surface area contributed by atoms with E-state index in [2.05, 4.69) is 9.97 Å². The number of aromatic nitrogens is 2. The van der Waals surface area contributed by atoms with E-state index in [1.54, 1.807) is 18.2 Å². The molecule has 0 atom stereocenters. The van der Waals surface area contributed by atoms with E-state index in [1.807, 2.05) is 54.6 Å². The van der Waals surface area contributed by atoms with E-state index in [9.17, 15) is 4.79 Å². The summed E-state index contributed by atoms with van der Waals surface area (Å²) < 4.78 is 10.6. The summed E-state index contributed by atoms with van der Waals surface area (Å²) in [6.45, 7) is 0.407. The number of nitrogens with zero attached hydrogens (tertiary/aromatic N) is 1. The highest BCUT2D eigenvalue weighted by Crippen LogP contribution is 2.27. The van der Waals surface area contributed by atoms with Crippen LogP contribution in [-0.2, 0) is 4.79 Å². The molecule has 25 heavy (non-hydrogen) atoms. The lowest BCUT2D eigenvalue weighted by Gasteiger charge is -2.05. The van der Waals surface area contributed by atoms with Crippen LogP contribution in [0.15, 0.2) is 72.8 Å². The number of imidazole rings is 1. The Hall–Kier alpha value is -3.60. The molecule has 5 heteroatoms. The van der Waals surface area contributed by atoms with Crippen LogP contribution in [0.2, 0.25) is 0 Å². The molecule has 0 saturated carbocycles. The van der Waals surface area contributed by atoms with Gasteiger partial charge in [-0.05, 0) is 48.5 Å². The van der Waals surface area contributed by atoms with Crippen molar-refractivity contribution in [2.24, 2.45) is 0 Å². The Labute approximate surface area is 143 Å². The Morgan fingerprint density at radius 3 is 2.32 bits per heavy atom. The first-order valence-electron chi connectivity index (χ1n) is 7.75. The van der Waals surface area contributed by atoms with Gasteiger partial charge in [0.25, 0.3) is 6.47 Å². The van der Waals surface area contributed by atoms with Crippen molar-refractivity contribution >= 4 is 17.5 Å². The van der Waals surface area contributed by atoms with Crippen molar-refractivity contribution in [1.29, 1.82) is 0 Å². The fourth-order valence-corrected chi connectivity index (χ4v) is 2.56. The Morgan fingerprint density at radius 1 is 0.840 bits per heavy atom. The van der Waals surface area contributed by atoms with Gasteiger partial charge in [-0.2, -0.15) is 0 Å². The zero-order valence-corrected chi connectivity index (χ0v) is 13.2. The normalized spacial score (nSPS) is 10.6. The molecular weight excluding hydrogens is 316 g/mol. The van der Waals surface area contributed by atoms with Crippen molar-refractivity contribution in [2.75, 3.05) is 0 Å². The lowest BCUT2D eigenvalue weighted by molar-refractivity contribution is -0.120. The van der Waals surface area contributed by atoms with Crippen molar-refractivity contribution in [1.82, 2.24) is 9.97 Å². The Balaban J connectivity index is 1.59. The molecule has 1 N–H and O–H groups in total. The van der Waals surface area contributed by atoms with E-state index in [4.69, 9.17) is 9.47 Å². The summed E-state index contributed by atoms with van der Waals surface area (Å²) in [5, 5.41) is 0. The second-order valence-electron chi connectivity index (χ2n) is 5.42. The fraction of sp³-hybridized carbons (Fsp3) is 0. The second-order valence-corrected chi connectivity index (χ2v) is 5.42. The molecule has 5 nitrogen and oxygen atoms in total. The lowest BCUT2D eigenvalue weighted by Crippen LogP contribution is -1.87. The Kier molecular flexibility index (Phi) is 3.88. The minimum atomic E-state index is 0.407. The third-order valence-electron chi connectivity index (χ3n) is 3.74. The monoisotopic (exact) mass is 330 g/mol. The maximum absolute atomic E-state index is 10.4. The summed E-state index contributed by atoms with van der Waals surface area (Å²) >= 11 is 0. The van der Waals surface area contributed by atoms with Gasteiger partial charge >= 0.3 is 0 Å². The van der Waals surface area contributed by atoms with Gasteiger partial charge in [0, 0.05) is 11.6 Å². The van der Waals surface area contributed by atoms with Gasteiger partial charge in [-0.25, -0.2) is 4.98 Å². The third kappa shape index (κ3) is 3.21. The number of H-pyrrole nitrogens is 1. The molecule has 0 aliphatic rings. The van der Waals surface area contributed by atoms with E-state index in [0.29, 0.717) is 12.2 Å². The standard InChI is InChI=1S/C20H14N2O3/c23-13-24-17-10-11-18-19(12-17)22-20(21-18)14-6-8-16(9-7-14)25-15-4-2-1-3-5-15/h1-13H,(H,21,22). The Morgan fingerprint density at radius 2 is 1.56 bits per heavy atom. The van der Waals surface area contributed by atoms with Gasteiger partial charge in [-0.15, -0.1) is 0 Å². The molecule has 0 saturated heterocycles. The number of carbonyl (C=O) groups excluding carboxylic acids is 1. The molecule has 122 valence electrons. The quantitative estimate of drug-likeness (QED) is 0.545. The first-order chi connectivity index (χ1) is 12.3. The number of fused-ring (bicyclic) bond motifs is 1. The topological polar surface area (TPSA) is 64.2 Å². The fourth-order valence-electron chi connectivity index (χ4n) is 2.56. The number of carbonyl (C=O) groups is 1. The molecule has 0 aliphatic carbocycles. The number of nitrogens with one attached hydrogen (secondary N) is 1. The molecular formula is C20H14N2O3. The SMILES string of the molecule is O=COc1ccc2nc(-c3ccc(Oc4ccccc4)cc3)[nH]c2c1. The molecule has 3 aromatic carbocycles. The molecule has 0 radical (unpaired) electrons. The van der Waals surface area contributed by atoms with Crippen LogP contribution in [0, 0.1) is 0 Å². The number of aromatic amines is 1. The van der Waals surface area contributed by atoms with Gasteiger partial charge in [0.05, 0.1) is 11.0 Å². The van der Waals surface area contributed by atoms with Gasteiger partial charge in [0.15, 0.2) is 0 Å². The second kappa shape index (κ2) is 6.49. The summed E-state index contributed by atoms with van der Waals surface area (Å²) in [6.07, 6.45) is 0. The summed E-state index contributed by atoms with van der Waals surface area (Å²) in [7, 11) is 0. The van der Waals surface area contributed by atoms with Gasteiger partial charge in [-0.1, -0.05) is 18.2 Å². The number of ether oxygens (including phenoxy) is 2. The van der Waals surface area contributed by atoms with Gasteiger partial charge in [0.2, 0.25) is 0 Å². The molecule has 0 amide bonds. The van der Waals surface area contributed by atoms with Crippen molar-refractivity contribution < 1.29 is 14.3 Å². The lowest BCUT2D eigenvalue weighted by atomic mass is 10.2. The van der Waals surface area contributed by atoms with Crippen LogP contribution in [0.25, 0.3) is 22.4 Å². The third-order valence-corrected chi connectivity index (χ3v) is 3.74.